The van der Waals surface area contributed by atoms with Crippen molar-refractivity contribution in [3.8, 4) is 0 Å². The molecule has 2 rings (SSSR count). The molecule has 1 fully saturated rings. The monoisotopic (exact) mass is 235 g/mol. The number of aliphatic hydroxyl groups is 1. The van der Waals surface area contributed by atoms with Crippen molar-refractivity contribution in [2.75, 3.05) is 18.8 Å². The lowest BCUT2D eigenvalue weighted by Gasteiger charge is -2.34. The van der Waals surface area contributed by atoms with Crippen LogP contribution in [-0.2, 0) is 0 Å². The van der Waals surface area contributed by atoms with Crippen molar-refractivity contribution in [1.82, 2.24) is 9.88 Å². The molecule has 92 valence electrons. The molecule has 5 heteroatoms. The van der Waals surface area contributed by atoms with Gasteiger partial charge in [-0.2, -0.15) is 0 Å². The predicted octanol–water partition coefficient (Wildman–Crippen LogP) is 0.507. The van der Waals surface area contributed by atoms with Gasteiger partial charge in [0.2, 0.25) is 0 Å². The zero-order valence-corrected chi connectivity index (χ0v) is 9.84. The number of hydrogen-bond donors (Lipinski definition) is 2. The Morgan fingerprint density at radius 1 is 1.65 bits per heavy atom. The number of hydrogen-bond acceptors (Lipinski definition) is 4. The minimum absolute atomic E-state index is 0.0437. The molecule has 17 heavy (non-hydrogen) atoms. The van der Waals surface area contributed by atoms with E-state index < -0.39 is 0 Å². The summed E-state index contributed by atoms with van der Waals surface area (Å²) < 4.78 is 0. The number of nitrogen functional groups attached to an aromatic ring is 1. The predicted molar refractivity (Wildman–Crippen MR) is 64.3 cm³/mol. The number of piperidine rings is 1. The number of likely N-dealkylation sites (tertiary alicyclic amines) is 1. The van der Waals surface area contributed by atoms with Crippen molar-refractivity contribution in [1.29, 1.82) is 0 Å². The van der Waals surface area contributed by atoms with Crippen LogP contribution in [0.25, 0.3) is 0 Å². The average molecular weight is 235 g/mol. The number of amides is 1. The fourth-order valence-corrected chi connectivity index (χ4v) is 2.08. The summed E-state index contributed by atoms with van der Waals surface area (Å²) in [4.78, 5) is 17.8. The molecule has 0 spiro atoms. The molecule has 1 amide bonds. The number of nitrogens with zero attached hydrogens (tertiary/aromatic N) is 2. The molecule has 1 aromatic rings. The molecule has 1 saturated heterocycles. The molecule has 2 unspecified atom stereocenters. The van der Waals surface area contributed by atoms with Crippen molar-refractivity contribution in [3.05, 3.63) is 23.9 Å². The molecule has 3 N–H and O–H groups in total. The van der Waals surface area contributed by atoms with Crippen molar-refractivity contribution in [2.24, 2.45) is 5.92 Å². The fraction of sp³-hybridized carbons (Fsp3) is 0.500. The molecule has 0 aromatic carbocycles. The van der Waals surface area contributed by atoms with E-state index in [1.54, 1.807) is 17.0 Å². The molecule has 2 heterocycles. The highest BCUT2D eigenvalue weighted by molar-refractivity contribution is 5.94. The smallest absolute Gasteiger partial charge is 0.254 e. The molecule has 0 radical (unpaired) electrons. The minimum Gasteiger partial charge on any atom is -0.393 e. The van der Waals surface area contributed by atoms with E-state index in [0.29, 0.717) is 30.9 Å². The van der Waals surface area contributed by atoms with Gasteiger partial charge in [-0.25, -0.2) is 4.98 Å². The van der Waals surface area contributed by atoms with Gasteiger partial charge in [0.05, 0.1) is 6.10 Å². The van der Waals surface area contributed by atoms with E-state index in [4.69, 9.17) is 5.73 Å². The van der Waals surface area contributed by atoms with Crippen LogP contribution in [0.2, 0.25) is 0 Å². The van der Waals surface area contributed by atoms with E-state index in [1.807, 2.05) is 6.92 Å². The zero-order valence-electron chi connectivity index (χ0n) is 9.84. The summed E-state index contributed by atoms with van der Waals surface area (Å²) in [6.45, 7) is 3.12. The topological polar surface area (TPSA) is 79.5 Å². The summed E-state index contributed by atoms with van der Waals surface area (Å²) in [6.07, 6.45) is 1.86. The molecule has 5 nitrogen and oxygen atoms in total. The number of aliphatic hydroxyl groups excluding tert-OH is 1. The van der Waals surface area contributed by atoms with E-state index in [-0.39, 0.29) is 17.9 Å². The summed E-state index contributed by atoms with van der Waals surface area (Å²) in [6, 6.07) is 3.24. The van der Waals surface area contributed by atoms with Crippen molar-refractivity contribution < 1.29 is 9.90 Å². The molecule has 1 aliphatic heterocycles. The molecular weight excluding hydrogens is 218 g/mol. The first kappa shape index (κ1) is 11.9. The van der Waals surface area contributed by atoms with Crippen LogP contribution in [0, 0.1) is 5.92 Å². The van der Waals surface area contributed by atoms with Gasteiger partial charge >= 0.3 is 0 Å². The summed E-state index contributed by atoms with van der Waals surface area (Å²) in [5.74, 6) is 0.422. The van der Waals surface area contributed by atoms with Crippen LogP contribution < -0.4 is 5.73 Å². The van der Waals surface area contributed by atoms with Crippen molar-refractivity contribution in [2.45, 2.75) is 19.4 Å². The van der Waals surface area contributed by atoms with E-state index in [2.05, 4.69) is 4.98 Å². The molecule has 1 aromatic heterocycles. The standard InChI is InChI=1S/C12H17N3O2/c1-8-7-15(5-3-10(8)16)12(17)9-2-4-14-11(13)6-9/h2,4,6,8,10,16H,3,5,7H2,1H3,(H2,13,14). The molecular formula is C12H17N3O2. The normalized spacial score (nSPS) is 24.7. The third-order valence-electron chi connectivity index (χ3n) is 3.18. The maximum atomic E-state index is 12.2. The number of rotatable bonds is 1. The Labute approximate surface area is 100 Å². The second-order valence-electron chi connectivity index (χ2n) is 4.55. The summed E-state index contributed by atoms with van der Waals surface area (Å²) in [7, 11) is 0. The van der Waals surface area contributed by atoms with Crippen LogP contribution in [0.15, 0.2) is 18.3 Å². The number of nitrogens with two attached hydrogens (primary N) is 1. The van der Waals surface area contributed by atoms with Crippen molar-refractivity contribution >= 4 is 11.7 Å². The zero-order chi connectivity index (χ0) is 12.4. The minimum atomic E-state index is -0.304. The van der Waals surface area contributed by atoms with Crippen LogP contribution in [0.1, 0.15) is 23.7 Å². The summed E-state index contributed by atoms with van der Waals surface area (Å²) in [5, 5.41) is 9.62. The molecule has 2 atom stereocenters. The summed E-state index contributed by atoms with van der Waals surface area (Å²) >= 11 is 0. The van der Waals surface area contributed by atoms with Gasteiger partial charge in [0, 0.05) is 24.8 Å². The van der Waals surface area contributed by atoms with Gasteiger partial charge in [-0.05, 0) is 24.5 Å². The number of pyridine rings is 1. The Morgan fingerprint density at radius 3 is 3.06 bits per heavy atom. The molecule has 1 aliphatic rings. The van der Waals surface area contributed by atoms with Crippen LogP contribution >= 0.6 is 0 Å². The van der Waals surface area contributed by atoms with Gasteiger partial charge in [-0.15, -0.1) is 0 Å². The van der Waals surface area contributed by atoms with Gasteiger partial charge in [0.15, 0.2) is 0 Å². The number of anilines is 1. The quantitative estimate of drug-likeness (QED) is 0.743. The van der Waals surface area contributed by atoms with Gasteiger partial charge in [-0.1, -0.05) is 6.92 Å². The van der Waals surface area contributed by atoms with E-state index in [1.165, 1.54) is 6.20 Å². The van der Waals surface area contributed by atoms with Gasteiger partial charge in [-0.3, -0.25) is 4.79 Å². The van der Waals surface area contributed by atoms with Crippen LogP contribution in [0.4, 0.5) is 5.82 Å². The van der Waals surface area contributed by atoms with Crippen LogP contribution in [-0.4, -0.2) is 40.1 Å². The first-order valence-corrected chi connectivity index (χ1v) is 5.77. The van der Waals surface area contributed by atoms with E-state index in [9.17, 15) is 9.90 Å². The lowest BCUT2D eigenvalue weighted by Crippen LogP contribution is -2.44. The van der Waals surface area contributed by atoms with Gasteiger partial charge in [0.1, 0.15) is 5.82 Å². The van der Waals surface area contributed by atoms with E-state index in [0.717, 1.165) is 0 Å². The Morgan fingerprint density at radius 2 is 2.41 bits per heavy atom. The third kappa shape index (κ3) is 2.55. The summed E-state index contributed by atoms with van der Waals surface area (Å²) in [5.41, 5.74) is 6.11. The maximum absolute atomic E-state index is 12.2. The Hall–Kier alpha value is -1.62. The fourth-order valence-electron chi connectivity index (χ4n) is 2.08. The second-order valence-corrected chi connectivity index (χ2v) is 4.55. The van der Waals surface area contributed by atoms with Crippen LogP contribution in [0.3, 0.4) is 0 Å². The highest BCUT2D eigenvalue weighted by atomic mass is 16.3. The number of carbonyl (C=O) groups is 1. The number of carbonyl (C=O) groups excluding carboxylic acids is 1. The highest BCUT2D eigenvalue weighted by Crippen LogP contribution is 2.18. The first-order chi connectivity index (χ1) is 8.08. The SMILES string of the molecule is CC1CN(C(=O)c2ccnc(N)c2)CCC1O. The first-order valence-electron chi connectivity index (χ1n) is 5.77. The molecule has 0 bridgehead atoms. The number of aromatic nitrogens is 1. The molecule has 0 aliphatic carbocycles. The lowest BCUT2D eigenvalue weighted by atomic mass is 9.96. The largest absolute Gasteiger partial charge is 0.393 e. The Bertz CT molecular complexity index is 422. The average Bonchev–Trinajstić information content (AvgIpc) is 2.32. The molecule has 0 saturated carbocycles. The Kier molecular flexibility index (Phi) is 3.28. The highest BCUT2D eigenvalue weighted by Gasteiger charge is 2.27. The van der Waals surface area contributed by atoms with Crippen LogP contribution in [0.5, 0.6) is 0 Å². The van der Waals surface area contributed by atoms with Gasteiger partial charge in [0.25, 0.3) is 5.91 Å². The lowest BCUT2D eigenvalue weighted by molar-refractivity contribution is 0.0297. The Balaban J connectivity index is 2.10. The van der Waals surface area contributed by atoms with Crippen molar-refractivity contribution in [3.63, 3.8) is 0 Å². The van der Waals surface area contributed by atoms with E-state index >= 15 is 0 Å². The third-order valence-corrected chi connectivity index (χ3v) is 3.18. The second kappa shape index (κ2) is 4.71. The van der Waals surface area contributed by atoms with Gasteiger partial charge < -0.3 is 15.7 Å². The maximum Gasteiger partial charge on any atom is 0.254 e.